The van der Waals surface area contributed by atoms with Crippen molar-refractivity contribution >= 4 is 17.3 Å². The quantitative estimate of drug-likeness (QED) is 0.839. The van der Waals surface area contributed by atoms with Gasteiger partial charge in [-0.3, -0.25) is 0 Å². The van der Waals surface area contributed by atoms with E-state index < -0.39 is 23.5 Å². The molecule has 19 heavy (non-hydrogen) atoms. The molecule has 0 aliphatic heterocycles. The van der Waals surface area contributed by atoms with Crippen molar-refractivity contribution in [2.45, 2.75) is 6.18 Å². The maximum atomic E-state index is 13.5. The number of halogens is 4. The van der Waals surface area contributed by atoms with Crippen molar-refractivity contribution in [2.24, 2.45) is 0 Å². The van der Waals surface area contributed by atoms with Crippen LogP contribution in [-0.4, -0.2) is 11.1 Å². The standard InChI is InChI=1S/C12H6F4O2S/c13-8-2-1-6(12(14,15)16)5-7(8)9-3-4-10(19-9)11(17)18/h1-5H,(H,17,18). The van der Waals surface area contributed by atoms with Gasteiger partial charge in [-0.05, 0) is 30.3 Å². The third-order valence-electron chi connectivity index (χ3n) is 2.38. The molecule has 0 radical (unpaired) electrons. The molecule has 0 bridgehead atoms. The Morgan fingerprint density at radius 1 is 1.16 bits per heavy atom. The minimum absolute atomic E-state index is 0.0631. The van der Waals surface area contributed by atoms with Crippen LogP contribution in [0.4, 0.5) is 17.6 Å². The first-order chi connectivity index (χ1) is 8.79. The molecule has 1 N–H and O–H groups in total. The maximum absolute atomic E-state index is 13.5. The molecule has 0 atom stereocenters. The number of carboxylic acids is 1. The molecule has 2 rings (SSSR count). The fourth-order valence-electron chi connectivity index (χ4n) is 1.49. The average molecular weight is 290 g/mol. The van der Waals surface area contributed by atoms with Crippen molar-refractivity contribution in [3.05, 3.63) is 46.6 Å². The number of rotatable bonds is 2. The summed E-state index contributed by atoms with van der Waals surface area (Å²) in [6.07, 6.45) is -4.57. The van der Waals surface area contributed by atoms with Gasteiger partial charge in [0.2, 0.25) is 0 Å². The lowest BCUT2D eigenvalue weighted by molar-refractivity contribution is -0.137. The van der Waals surface area contributed by atoms with Gasteiger partial charge in [0, 0.05) is 10.4 Å². The van der Waals surface area contributed by atoms with Gasteiger partial charge < -0.3 is 5.11 Å². The van der Waals surface area contributed by atoms with Crippen LogP contribution in [0.15, 0.2) is 30.3 Å². The first-order valence-electron chi connectivity index (χ1n) is 4.99. The van der Waals surface area contributed by atoms with Crippen molar-refractivity contribution in [2.75, 3.05) is 0 Å². The summed E-state index contributed by atoms with van der Waals surface area (Å²) in [6, 6.07) is 4.55. The Bertz CT molecular complexity index is 631. The average Bonchev–Trinajstić information content (AvgIpc) is 2.77. The Hall–Kier alpha value is -1.89. The highest BCUT2D eigenvalue weighted by molar-refractivity contribution is 7.17. The van der Waals surface area contributed by atoms with Gasteiger partial charge in [-0.2, -0.15) is 13.2 Å². The number of benzene rings is 1. The van der Waals surface area contributed by atoms with E-state index in [0.29, 0.717) is 12.1 Å². The van der Waals surface area contributed by atoms with E-state index in [1.54, 1.807) is 0 Å². The first-order valence-corrected chi connectivity index (χ1v) is 5.81. The van der Waals surface area contributed by atoms with Gasteiger partial charge in [0.1, 0.15) is 10.7 Å². The highest BCUT2D eigenvalue weighted by atomic mass is 32.1. The SMILES string of the molecule is O=C(O)c1ccc(-c2cc(C(F)(F)F)ccc2F)s1. The maximum Gasteiger partial charge on any atom is 0.416 e. The van der Waals surface area contributed by atoms with E-state index in [9.17, 15) is 22.4 Å². The van der Waals surface area contributed by atoms with Crippen LogP contribution in [0, 0.1) is 5.82 Å². The van der Waals surface area contributed by atoms with Gasteiger partial charge in [-0.15, -0.1) is 11.3 Å². The lowest BCUT2D eigenvalue weighted by Gasteiger charge is -2.08. The second-order valence-electron chi connectivity index (χ2n) is 3.66. The number of alkyl halides is 3. The van der Waals surface area contributed by atoms with Crippen molar-refractivity contribution in [3.8, 4) is 10.4 Å². The van der Waals surface area contributed by atoms with Gasteiger partial charge in [-0.1, -0.05) is 0 Å². The van der Waals surface area contributed by atoms with Crippen LogP contribution < -0.4 is 0 Å². The molecule has 0 spiro atoms. The summed E-state index contributed by atoms with van der Waals surface area (Å²) in [6.45, 7) is 0. The Kier molecular flexibility index (Phi) is 3.32. The fourth-order valence-corrected chi connectivity index (χ4v) is 2.35. The third kappa shape index (κ3) is 2.76. The summed E-state index contributed by atoms with van der Waals surface area (Å²) in [5.74, 6) is -2.03. The number of aromatic carboxylic acids is 1. The van der Waals surface area contributed by atoms with E-state index in [4.69, 9.17) is 5.11 Å². The molecule has 100 valence electrons. The highest BCUT2D eigenvalue weighted by Crippen LogP contribution is 2.36. The number of thiophene rings is 1. The highest BCUT2D eigenvalue weighted by Gasteiger charge is 2.31. The molecular weight excluding hydrogens is 284 g/mol. The monoisotopic (exact) mass is 290 g/mol. The molecule has 1 aromatic heterocycles. The van der Waals surface area contributed by atoms with E-state index in [2.05, 4.69) is 0 Å². The second kappa shape index (κ2) is 4.65. The van der Waals surface area contributed by atoms with Crippen LogP contribution in [0.3, 0.4) is 0 Å². The molecule has 2 aromatic rings. The first kappa shape index (κ1) is 13.5. The van der Waals surface area contributed by atoms with Crippen LogP contribution in [-0.2, 0) is 6.18 Å². The molecule has 0 fully saturated rings. The van der Waals surface area contributed by atoms with Gasteiger partial charge in [0.05, 0.1) is 5.56 Å². The Morgan fingerprint density at radius 3 is 2.37 bits per heavy atom. The van der Waals surface area contributed by atoms with E-state index in [0.717, 1.165) is 17.4 Å². The summed E-state index contributed by atoms with van der Waals surface area (Å²) >= 11 is 0.721. The van der Waals surface area contributed by atoms with Crippen molar-refractivity contribution in [1.82, 2.24) is 0 Å². The zero-order valence-corrected chi connectivity index (χ0v) is 9.98. The molecule has 1 heterocycles. The molecule has 0 unspecified atom stereocenters. The third-order valence-corrected chi connectivity index (χ3v) is 3.48. The second-order valence-corrected chi connectivity index (χ2v) is 4.75. The van der Waals surface area contributed by atoms with Crippen LogP contribution in [0.1, 0.15) is 15.2 Å². The predicted octanol–water partition coefficient (Wildman–Crippen LogP) is 4.27. The predicted molar refractivity (Wildman–Crippen MR) is 61.7 cm³/mol. The summed E-state index contributed by atoms with van der Waals surface area (Å²) in [4.78, 5) is 10.8. The van der Waals surface area contributed by atoms with Crippen molar-refractivity contribution in [3.63, 3.8) is 0 Å². The van der Waals surface area contributed by atoms with Crippen molar-refractivity contribution in [1.29, 1.82) is 0 Å². The van der Waals surface area contributed by atoms with E-state index in [-0.39, 0.29) is 15.3 Å². The molecule has 0 saturated heterocycles. The van der Waals surface area contributed by atoms with E-state index >= 15 is 0 Å². The zero-order valence-electron chi connectivity index (χ0n) is 9.16. The Balaban J connectivity index is 2.51. The number of carboxylic acid groups (broad SMARTS) is 1. The van der Waals surface area contributed by atoms with Crippen LogP contribution in [0.5, 0.6) is 0 Å². The van der Waals surface area contributed by atoms with E-state index in [1.807, 2.05) is 0 Å². The molecule has 0 saturated carbocycles. The fraction of sp³-hybridized carbons (Fsp3) is 0.0833. The van der Waals surface area contributed by atoms with Crippen LogP contribution in [0.2, 0.25) is 0 Å². The lowest BCUT2D eigenvalue weighted by Crippen LogP contribution is -2.05. The van der Waals surface area contributed by atoms with Gasteiger partial charge in [0.15, 0.2) is 0 Å². The lowest BCUT2D eigenvalue weighted by atomic mass is 10.1. The Morgan fingerprint density at radius 2 is 1.84 bits per heavy atom. The molecule has 1 aromatic carbocycles. The molecule has 7 heteroatoms. The summed E-state index contributed by atoms with van der Waals surface area (Å²) < 4.78 is 51.2. The molecule has 2 nitrogen and oxygen atoms in total. The Labute approximate surface area is 108 Å². The molecule has 0 amide bonds. The number of carbonyl (C=O) groups is 1. The minimum atomic E-state index is -4.57. The smallest absolute Gasteiger partial charge is 0.416 e. The summed E-state index contributed by atoms with van der Waals surface area (Å²) in [5.41, 5.74) is -1.23. The number of hydrogen-bond donors (Lipinski definition) is 1. The topological polar surface area (TPSA) is 37.3 Å². The van der Waals surface area contributed by atoms with Crippen molar-refractivity contribution < 1.29 is 27.5 Å². The van der Waals surface area contributed by atoms with Crippen LogP contribution in [0.25, 0.3) is 10.4 Å². The normalized spacial score (nSPS) is 11.6. The molecule has 0 aliphatic rings. The number of hydrogen-bond acceptors (Lipinski definition) is 2. The van der Waals surface area contributed by atoms with Gasteiger partial charge >= 0.3 is 12.1 Å². The largest absolute Gasteiger partial charge is 0.477 e. The zero-order chi connectivity index (χ0) is 14.2. The summed E-state index contributed by atoms with van der Waals surface area (Å²) in [5, 5.41) is 8.73. The molecule has 0 aliphatic carbocycles. The van der Waals surface area contributed by atoms with E-state index in [1.165, 1.54) is 12.1 Å². The molecular formula is C12H6F4O2S. The summed E-state index contributed by atoms with van der Waals surface area (Å²) in [7, 11) is 0. The van der Waals surface area contributed by atoms with Gasteiger partial charge in [0.25, 0.3) is 0 Å². The minimum Gasteiger partial charge on any atom is -0.477 e. The van der Waals surface area contributed by atoms with Gasteiger partial charge in [-0.25, -0.2) is 9.18 Å². The van der Waals surface area contributed by atoms with Crippen LogP contribution >= 0.6 is 11.3 Å².